The van der Waals surface area contributed by atoms with Gasteiger partial charge in [-0.3, -0.25) is 4.90 Å². The average Bonchev–Trinajstić information content (AvgIpc) is 2.79. The Balaban J connectivity index is 1.80. The largest absolute Gasteiger partial charge is 0.494 e. The summed E-state index contributed by atoms with van der Waals surface area (Å²) in [4.78, 5) is 2.33. The SMILES string of the molecule is COc1ccc(C(CN)N2CC3CCC(C2)O3)cc1F. The summed E-state index contributed by atoms with van der Waals surface area (Å²) < 4.78 is 24.7. The predicted octanol–water partition coefficient (Wildman–Crippen LogP) is 1.70. The van der Waals surface area contributed by atoms with E-state index in [1.54, 1.807) is 6.07 Å². The Kier molecular flexibility index (Phi) is 3.92. The van der Waals surface area contributed by atoms with Gasteiger partial charge in [0.15, 0.2) is 11.6 Å². The lowest BCUT2D eigenvalue weighted by atomic mass is 10.0. The van der Waals surface area contributed by atoms with Gasteiger partial charge in [-0.2, -0.15) is 0 Å². The first kappa shape index (κ1) is 13.8. The number of methoxy groups -OCH3 is 1. The minimum atomic E-state index is -0.334. The molecule has 2 bridgehead atoms. The first-order chi connectivity index (χ1) is 9.71. The topological polar surface area (TPSA) is 47.7 Å². The van der Waals surface area contributed by atoms with E-state index in [-0.39, 0.29) is 17.6 Å². The van der Waals surface area contributed by atoms with Gasteiger partial charge in [-0.05, 0) is 30.5 Å². The summed E-state index contributed by atoms with van der Waals surface area (Å²) in [5.41, 5.74) is 6.84. The van der Waals surface area contributed by atoms with Crippen molar-refractivity contribution in [2.24, 2.45) is 5.73 Å². The summed E-state index contributed by atoms with van der Waals surface area (Å²) in [5.74, 6) is -0.0637. The first-order valence-electron chi connectivity index (χ1n) is 7.14. The monoisotopic (exact) mass is 280 g/mol. The molecule has 0 aliphatic carbocycles. The van der Waals surface area contributed by atoms with E-state index < -0.39 is 0 Å². The van der Waals surface area contributed by atoms with Crippen molar-refractivity contribution < 1.29 is 13.9 Å². The van der Waals surface area contributed by atoms with Crippen molar-refractivity contribution in [2.45, 2.75) is 31.1 Å². The molecule has 2 fully saturated rings. The van der Waals surface area contributed by atoms with Crippen molar-refractivity contribution >= 4 is 0 Å². The molecule has 1 aromatic carbocycles. The number of rotatable bonds is 4. The number of morpholine rings is 1. The van der Waals surface area contributed by atoms with E-state index in [4.69, 9.17) is 15.2 Å². The molecule has 2 N–H and O–H groups in total. The van der Waals surface area contributed by atoms with E-state index in [2.05, 4.69) is 4.90 Å². The zero-order valence-electron chi connectivity index (χ0n) is 11.7. The van der Waals surface area contributed by atoms with Gasteiger partial charge in [-0.1, -0.05) is 6.07 Å². The second-order valence-corrected chi connectivity index (χ2v) is 5.56. The van der Waals surface area contributed by atoms with Gasteiger partial charge in [-0.15, -0.1) is 0 Å². The third kappa shape index (κ3) is 2.53. The molecule has 2 aliphatic rings. The molecule has 2 aliphatic heterocycles. The maximum atomic E-state index is 13.9. The normalized spacial score (nSPS) is 27.6. The van der Waals surface area contributed by atoms with E-state index in [0.717, 1.165) is 31.5 Å². The van der Waals surface area contributed by atoms with Gasteiger partial charge in [0.1, 0.15) is 0 Å². The predicted molar refractivity (Wildman–Crippen MR) is 74.2 cm³/mol. The molecule has 0 spiro atoms. The molecule has 2 saturated heterocycles. The number of hydrogen-bond donors (Lipinski definition) is 1. The summed E-state index contributed by atoms with van der Waals surface area (Å²) in [5, 5.41) is 0. The van der Waals surface area contributed by atoms with Crippen molar-refractivity contribution in [3.05, 3.63) is 29.6 Å². The van der Waals surface area contributed by atoms with Gasteiger partial charge in [0.2, 0.25) is 0 Å². The van der Waals surface area contributed by atoms with Crippen molar-refractivity contribution in [2.75, 3.05) is 26.7 Å². The molecule has 1 aromatic rings. The Labute approximate surface area is 118 Å². The minimum Gasteiger partial charge on any atom is -0.494 e. The van der Waals surface area contributed by atoms with Crippen molar-refractivity contribution in [1.29, 1.82) is 0 Å². The molecular formula is C15H21FN2O2. The van der Waals surface area contributed by atoms with Crippen LogP contribution in [0.5, 0.6) is 5.75 Å². The van der Waals surface area contributed by atoms with Gasteiger partial charge in [0, 0.05) is 25.7 Å². The van der Waals surface area contributed by atoms with Gasteiger partial charge < -0.3 is 15.2 Å². The molecule has 20 heavy (non-hydrogen) atoms. The highest BCUT2D eigenvalue weighted by molar-refractivity contribution is 5.31. The number of halogens is 1. The molecule has 4 nitrogen and oxygen atoms in total. The number of likely N-dealkylation sites (tertiary alicyclic amines) is 1. The molecule has 0 aromatic heterocycles. The van der Waals surface area contributed by atoms with Crippen molar-refractivity contribution in [3.63, 3.8) is 0 Å². The highest BCUT2D eigenvalue weighted by Gasteiger charge is 2.36. The number of fused-ring (bicyclic) bond motifs is 2. The number of nitrogens with two attached hydrogens (primary N) is 1. The maximum absolute atomic E-state index is 13.9. The zero-order chi connectivity index (χ0) is 14.1. The summed E-state index contributed by atoms with van der Waals surface area (Å²) in [6.07, 6.45) is 2.86. The van der Waals surface area contributed by atoms with Crippen LogP contribution in [0.3, 0.4) is 0 Å². The van der Waals surface area contributed by atoms with E-state index in [1.165, 1.54) is 13.2 Å². The summed E-state index contributed by atoms with van der Waals surface area (Å²) in [6, 6.07) is 5.15. The van der Waals surface area contributed by atoms with Crippen LogP contribution in [-0.4, -0.2) is 43.9 Å². The fourth-order valence-corrected chi connectivity index (χ4v) is 3.29. The maximum Gasteiger partial charge on any atom is 0.165 e. The standard InChI is InChI=1S/C15H21FN2O2/c1-19-15-5-2-10(6-13(15)16)14(7-17)18-8-11-3-4-12(9-18)20-11/h2,5-6,11-12,14H,3-4,7-9,17H2,1H3. The van der Waals surface area contributed by atoms with Crippen LogP contribution >= 0.6 is 0 Å². The third-order valence-electron chi connectivity index (χ3n) is 4.30. The fraction of sp³-hybridized carbons (Fsp3) is 0.600. The Morgan fingerprint density at radius 1 is 1.40 bits per heavy atom. The van der Waals surface area contributed by atoms with Crippen molar-refractivity contribution in [3.8, 4) is 5.75 Å². The summed E-state index contributed by atoms with van der Waals surface area (Å²) in [6.45, 7) is 2.24. The van der Waals surface area contributed by atoms with Crippen LogP contribution in [-0.2, 0) is 4.74 Å². The molecule has 3 unspecified atom stereocenters. The number of nitrogens with zero attached hydrogens (tertiary/aromatic N) is 1. The Morgan fingerprint density at radius 3 is 2.65 bits per heavy atom. The smallest absolute Gasteiger partial charge is 0.165 e. The molecule has 3 rings (SSSR count). The lowest BCUT2D eigenvalue weighted by molar-refractivity contribution is -0.0521. The zero-order valence-corrected chi connectivity index (χ0v) is 11.7. The number of hydrogen-bond acceptors (Lipinski definition) is 4. The Bertz CT molecular complexity index is 471. The summed E-state index contributed by atoms with van der Waals surface area (Å²) >= 11 is 0. The van der Waals surface area contributed by atoms with E-state index in [0.29, 0.717) is 18.8 Å². The highest BCUT2D eigenvalue weighted by atomic mass is 19.1. The van der Waals surface area contributed by atoms with Gasteiger partial charge in [-0.25, -0.2) is 4.39 Å². The van der Waals surface area contributed by atoms with Crippen LogP contribution in [0.15, 0.2) is 18.2 Å². The van der Waals surface area contributed by atoms with Crippen LogP contribution in [0.25, 0.3) is 0 Å². The summed E-state index contributed by atoms with van der Waals surface area (Å²) in [7, 11) is 1.47. The van der Waals surface area contributed by atoms with Crippen molar-refractivity contribution in [1.82, 2.24) is 4.90 Å². The van der Waals surface area contributed by atoms with Crippen LogP contribution in [0.2, 0.25) is 0 Å². The molecule has 0 radical (unpaired) electrons. The Morgan fingerprint density at radius 2 is 2.10 bits per heavy atom. The molecule has 0 amide bonds. The molecule has 110 valence electrons. The molecule has 2 heterocycles. The molecule has 5 heteroatoms. The van der Waals surface area contributed by atoms with Gasteiger partial charge in [0.25, 0.3) is 0 Å². The average molecular weight is 280 g/mol. The molecule has 3 atom stereocenters. The van der Waals surface area contributed by atoms with Crippen LogP contribution in [0.4, 0.5) is 4.39 Å². The molecule has 0 saturated carbocycles. The minimum absolute atomic E-state index is 0.0439. The second-order valence-electron chi connectivity index (χ2n) is 5.56. The van der Waals surface area contributed by atoms with E-state index in [9.17, 15) is 4.39 Å². The fourth-order valence-electron chi connectivity index (χ4n) is 3.29. The van der Waals surface area contributed by atoms with Gasteiger partial charge >= 0.3 is 0 Å². The quantitative estimate of drug-likeness (QED) is 0.912. The lowest BCUT2D eigenvalue weighted by Crippen LogP contribution is -2.46. The first-order valence-corrected chi connectivity index (χ1v) is 7.14. The van der Waals surface area contributed by atoms with Crippen LogP contribution in [0, 0.1) is 5.82 Å². The van der Waals surface area contributed by atoms with Crippen LogP contribution in [0.1, 0.15) is 24.4 Å². The Hall–Kier alpha value is -1.17. The lowest BCUT2D eigenvalue weighted by Gasteiger charge is -2.37. The number of ether oxygens (including phenoxy) is 2. The molecular weight excluding hydrogens is 259 g/mol. The second kappa shape index (κ2) is 5.68. The number of benzene rings is 1. The third-order valence-corrected chi connectivity index (χ3v) is 4.30. The van der Waals surface area contributed by atoms with Crippen LogP contribution < -0.4 is 10.5 Å². The van der Waals surface area contributed by atoms with E-state index >= 15 is 0 Å². The highest BCUT2D eigenvalue weighted by Crippen LogP contribution is 2.32. The van der Waals surface area contributed by atoms with Gasteiger partial charge in [0.05, 0.1) is 19.3 Å². The van der Waals surface area contributed by atoms with E-state index in [1.807, 2.05) is 6.07 Å².